The molecule has 2 aromatic rings. The van der Waals surface area contributed by atoms with Crippen molar-refractivity contribution < 1.29 is 27.2 Å². The molecule has 33 heavy (non-hydrogen) atoms. The van der Waals surface area contributed by atoms with Gasteiger partial charge in [-0.3, -0.25) is 14.7 Å². The highest BCUT2D eigenvalue weighted by molar-refractivity contribution is 5.97. The number of carbonyl (C=O) groups excluding carboxylic acids is 2. The van der Waals surface area contributed by atoms with Crippen molar-refractivity contribution in [3.8, 4) is 0 Å². The van der Waals surface area contributed by atoms with E-state index in [2.05, 4.69) is 9.97 Å². The van der Waals surface area contributed by atoms with Crippen LogP contribution in [0.2, 0.25) is 0 Å². The molecule has 178 valence electrons. The summed E-state index contributed by atoms with van der Waals surface area (Å²) < 4.78 is 53.1. The third-order valence-electron chi connectivity index (χ3n) is 5.97. The van der Waals surface area contributed by atoms with Crippen molar-refractivity contribution in [1.82, 2.24) is 14.9 Å². The molecule has 10 heteroatoms. The van der Waals surface area contributed by atoms with E-state index in [0.717, 1.165) is 16.9 Å². The zero-order chi connectivity index (χ0) is 24.3. The first-order valence-corrected chi connectivity index (χ1v) is 10.8. The molecule has 3 rings (SSSR count). The molecule has 0 unspecified atom stereocenters. The van der Waals surface area contributed by atoms with Crippen molar-refractivity contribution in [2.45, 2.75) is 52.3 Å². The van der Waals surface area contributed by atoms with Crippen LogP contribution in [-0.4, -0.2) is 45.8 Å². The monoisotopic (exact) mass is 466 g/mol. The molecule has 1 fully saturated rings. The van der Waals surface area contributed by atoms with E-state index in [9.17, 15) is 27.2 Å². The standard InChI is InChI=1S/C23H26F4N4O2/c1-4-14(3)20-13-31(21-19(24)9-16(11-29-21)23(25,26)27)22(33)30(20)12-18(32)10-17-8-15(5-2)6-7-28-17/h6-9,11,14,20H,4-5,10,12-13H2,1-3H3/t14-,20+/m0/s1. The summed E-state index contributed by atoms with van der Waals surface area (Å²) in [5, 5.41) is 0. The second-order valence-corrected chi connectivity index (χ2v) is 8.23. The number of nitrogens with zero attached hydrogens (tertiary/aromatic N) is 4. The number of aromatic nitrogens is 2. The zero-order valence-corrected chi connectivity index (χ0v) is 18.7. The SMILES string of the molecule is CCc1ccnc(CC(=O)CN2C(=O)N(c3ncc(C(F)(F)F)cc3F)C[C@@H]2[C@@H](C)CC)c1. The molecule has 0 aliphatic carbocycles. The van der Waals surface area contributed by atoms with E-state index in [0.29, 0.717) is 24.4 Å². The number of carbonyl (C=O) groups is 2. The first-order valence-electron chi connectivity index (χ1n) is 10.8. The molecule has 3 heterocycles. The van der Waals surface area contributed by atoms with Crippen molar-refractivity contribution in [2.24, 2.45) is 5.92 Å². The van der Waals surface area contributed by atoms with E-state index in [-0.39, 0.29) is 31.2 Å². The van der Waals surface area contributed by atoms with Gasteiger partial charge in [-0.05, 0) is 36.1 Å². The van der Waals surface area contributed by atoms with Crippen LogP contribution in [0.3, 0.4) is 0 Å². The smallest absolute Gasteiger partial charge is 0.312 e. The van der Waals surface area contributed by atoms with E-state index in [1.807, 2.05) is 32.9 Å². The number of aryl methyl sites for hydroxylation is 1. The number of Topliss-reactive ketones (excluding diaryl/α,β-unsaturated/α-hetero) is 1. The van der Waals surface area contributed by atoms with Gasteiger partial charge >= 0.3 is 12.2 Å². The van der Waals surface area contributed by atoms with Gasteiger partial charge in [-0.15, -0.1) is 0 Å². The van der Waals surface area contributed by atoms with E-state index in [1.165, 1.54) is 4.90 Å². The Labute approximate surface area is 189 Å². The minimum absolute atomic E-state index is 0.0224. The molecule has 0 saturated carbocycles. The maximum Gasteiger partial charge on any atom is 0.417 e. The summed E-state index contributed by atoms with van der Waals surface area (Å²) in [6.45, 7) is 5.64. The molecular formula is C23H26F4N4O2. The predicted molar refractivity (Wildman–Crippen MR) is 114 cm³/mol. The molecule has 2 atom stereocenters. The van der Waals surface area contributed by atoms with E-state index in [4.69, 9.17) is 0 Å². The fourth-order valence-corrected chi connectivity index (χ4v) is 3.86. The molecule has 2 aromatic heterocycles. The third-order valence-corrected chi connectivity index (χ3v) is 5.97. The van der Waals surface area contributed by atoms with E-state index < -0.39 is 35.4 Å². The molecule has 0 bridgehead atoms. The summed E-state index contributed by atoms with van der Waals surface area (Å²) in [5.41, 5.74) is 0.402. The maximum atomic E-state index is 14.5. The lowest BCUT2D eigenvalue weighted by molar-refractivity contribution is -0.138. The summed E-state index contributed by atoms with van der Waals surface area (Å²) in [6.07, 6.45) is -1.08. The number of anilines is 1. The van der Waals surface area contributed by atoms with Crippen LogP contribution in [0.15, 0.2) is 30.6 Å². The highest BCUT2D eigenvalue weighted by atomic mass is 19.4. The van der Waals surface area contributed by atoms with Crippen LogP contribution in [-0.2, 0) is 23.8 Å². The van der Waals surface area contributed by atoms with Crippen molar-refractivity contribution in [1.29, 1.82) is 0 Å². The zero-order valence-electron chi connectivity index (χ0n) is 18.7. The van der Waals surface area contributed by atoms with Crippen LogP contribution in [0.5, 0.6) is 0 Å². The topological polar surface area (TPSA) is 66.4 Å². The van der Waals surface area contributed by atoms with Crippen LogP contribution in [0.4, 0.5) is 28.2 Å². The van der Waals surface area contributed by atoms with Gasteiger partial charge in [0.2, 0.25) is 0 Å². The number of pyridine rings is 2. The van der Waals surface area contributed by atoms with Gasteiger partial charge in [0.05, 0.1) is 31.1 Å². The van der Waals surface area contributed by atoms with Gasteiger partial charge in [0.1, 0.15) is 0 Å². The molecule has 1 saturated heterocycles. The van der Waals surface area contributed by atoms with Gasteiger partial charge < -0.3 is 4.90 Å². The molecule has 1 aliphatic heterocycles. The Hall–Kier alpha value is -3.04. The quantitative estimate of drug-likeness (QED) is 0.531. The Bertz CT molecular complexity index is 1030. The van der Waals surface area contributed by atoms with Crippen LogP contribution >= 0.6 is 0 Å². The summed E-state index contributed by atoms with van der Waals surface area (Å²) in [7, 11) is 0. The molecule has 0 radical (unpaired) electrons. The highest BCUT2D eigenvalue weighted by Crippen LogP contribution is 2.33. The third kappa shape index (κ3) is 5.48. The van der Waals surface area contributed by atoms with Gasteiger partial charge in [0.25, 0.3) is 0 Å². The lowest BCUT2D eigenvalue weighted by Gasteiger charge is -2.26. The Balaban J connectivity index is 1.82. The number of alkyl halides is 3. The minimum Gasteiger partial charge on any atom is -0.312 e. The van der Waals surface area contributed by atoms with Gasteiger partial charge in [0, 0.05) is 18.1 Å². The number of hydrogen-bond donors (Lipinski definition) is 0. The number of ketones is 1. The average molecular weight is 466 g/mol. The van der Waals surface area contributed by atoms with Crippen molar-refractivity contribution in [3.05, 3.63) is 53.2 Å². The number of rotatable bonds is 8. The largest absolute Gasteiger partial charge is 0.417 e. The molecule has 1 aliphatic rings. The fraction of sp³-hybridized carbons (Fsp3) is 0.478. The second kappa shape index (κ2) is 9.84. The lowest BCUT2D eigenvalue weighted by Crippen LogP contribution is -2.42. The first kappa shape index (κ1) is 24.6. The first-order chi connectivity index (χ1) is 15.5. The van der Waals surface area contributed by atoms with Gasteiger partial charge in [0.15, 0.2) is 17.4 Å². The van der Waals surface area contributed by atoms with Crippen LogP contribution in [0, 0.1) is 11.7 Å². The van der Waals surface area contributed by atoms with Crippen LogP contribution < -0.4 is 4.90 Å². The molecule has 0 aromatic carbocycles. The van der Waals surface area contributed by atoms with Crippen LogP contribution in [0.25, 0.3) is 0 Å². The number of amides is 2. The molecule has 0 spiro atoms. The summed E-state index contributed by atoms with van der Waals surface area (Å²) in [5.74, 6) is -1.98. The Morgan fingerprint density at radius 2 is 1.97 bits per heavy atom. The molecule has 2 amide bonds. The average Bonchev–Trinajstić information content (AvgIpc) is 3.08. The normalized spacial score (nSPS) is 17.5. The van der Waals surface area contributed by atoms with Gasteiger partial charge in [-0.25, -0.2) is 14.2 Å². The minimum atomic E-state index is -4.75. The van der Waals surface area contributed by atoms with Gasteiger partial charge in [-0.2, -0.15) is 13.2 Å². The Morgan fingerprint density at radius 3 is 2.58 bits per heavy atom. The maximum absolute atomic E-state index is 14.5. The number of hydrogen-bond acceptors (Lipinski definition) is 4. The summed E-state index contributed by atoms with van der Waals surface area (Å²) in [4.78, 5) is 36.0. The van der Waals surface area contributed by atoms with Crippen LogP contribution in [0.1, 0.15) is 44.0 Å². The summed E-state index contributed by atoms with van der Waals surface area (Å²) in [6, 6.07) is 2.96. The predicted octanol–water partition coefficient (Wildman–Crippen LogP) is 4.67. The van der Waals surface area contributed by atoms with Crippen molar-refractivity contribution in [3.63, 3.8) is 0 Å². The number of halogens is 4. The van der Waals surface area contributed by atoms with Gasteiger partial charge in [-0.1, -0.05) is 27.2 Å². The molecule has 0 N–H and O–H groups in total. The number of urea groups is 1. The highest BCUT2D eigenvalue weighted by Gasteiger charge is 2.43. The molecular weight excluding hydrogens is 440 g/mol. The Kier molecular flexibility index (Phi) is 7.34. The summed E-state index contributed by atoms with van der Waals surface area (Å²) >= 11 is 0. The van der Waals surface area contributed by atoms with Crippen molar-refractivity contribution >= 4 is 17.6 Å². The molecule has 6 nitrogen and oxygen atoms in total. The Morgan fingerprint density at radius 1 is 1.24 bits per heavy atom. The van der Waals surface area contributed by atoms with E-state index in [1.54, 1.807) is 6.20 Å². The van der Waals surface area contributed by atoms with Crippen molar-refractivity contribution in [2.75, 3.05) is 18.0 Å². The fourth-order valence-electron chi connectivity index (χ4n) is 3.86. The lowest BCUT2D eigenvalue weighted by atomic mass is 9.98. The van der Waals surface area contributed by atoms with E-state index >= 15 is 0 Å². The second-order valence-electron chi connectivity index (χ2n) is 8.23.